The quantitative estimate of drug-likeness (QED) is 0.929. The van der Waals surface area contributed by atoms with Crippen LogP contribution in [0.2, 0.25) is 5.02 Å². The van der Waals surface area contributed by atoms with Crippen LogP contribution in [0.3, 0.4) is 0 Å². The molecule has 2 aromatic rings. The molecule has 1 aliphatic rings. The van der Waals surface area contributed by atoms with E-state index in [9.17, 15) is 9.59 Å². The third-order valence-electron chi connectivity index (χ3n) is 3.85. The molecule has 0 aliphatic carbocycles. The van der Waals surface area contributed by atoms with Crippen molar-refractivity contribution < 1.29 is 14.3 Å². The monoisotopic (exact) mass is 344 g/mol. The minimum absolute atomic E-state index is 0.107. The Labute approximate surface area is 145 Å². The van der Waals surface area contributed by atoms with Crippen LogP contribution < -0.4 is 15.0 Å². The number of nitrogens with zero attached hydrogens (tertiary/aromatic N) is 1. The Morgan fingerprint density at radius 1 is 1.25 bits per heavy atom. The van der Waals surface area contributed by atoms with Gasteiger partial charge in [0.25, 0.3) is 5.91 Å². The first-order valence-corrected chi connectivity index (χ1v) is 8.01. The average Bonchev–Trinajstić information content (AvgIpc) is 2.71. The maximum atomic E-state index is 12.7. The molecule has 1 aliphatic heterocycles. The van der Waals surface area contributed by atoms with Crippen molar-refractivity contribution in [2.75, 3.05) is 23.4 Å². The molecule has 124 valence electrons. The summed E-state index contributed by atoms with van der Waals surface area (Å²) >= 11 is 6.04. The summed E-state index contributed by atoms with van der Waals surface area (Å²) in [5.74, 6) is -0.199. The molecule has 0 unspecified atom stereocenters. The highest BCUT2D eigenvalue weighted by atomic mass is 35.5. The molecule has 1 atom stereocenters. The summed E-state index contributed by atoms with van der Waals surface area (Å²) in [7, 11) is 0. The molecule has 3 rings (SSSR count). The number of amides is 2. The average molecular weight is 345 g/mol. The number of fused-ring (bicyclic) bond motifs is 1. The van der Waals surface area contributed by atoms with E-state index in [-0.39, 0.29) is 24.3 Å². The van der Waals surface area contributed by atoms with Crippen molar-refractivity contribution in [2.45, 2.75) is 6.92 Å². The summed E-state index contributed by atoms with van der Waals surface area (Å²) < 4.78 is 5.54. The zero-order valence-electron chi connectivity index (χ0n) is 13.2. The lowest BCUT2D eigenvalue weighted by Crippen LogP contribution is -2.38. The Morgan fingerprint density at radius 3 is 2.75 bits per heavy atom. The second kappa shape index (κ2) is 6.93. The van der Waals surface area contributed by atoms with E-state index in [0.29, 0.717) is 28.7 Å². The van der Waals surface area contributed by atoms with Crippen LogP contribution in [0.15, 0.2) is 48.5 Å². The van der Waals surface area contributed by atoms with Gasteiger partial charge in [0.05, 0.1) is 22.3 Å². The van der Waals surface area contributed by atoms with E-state index in [4.69, 9.17) is 16.3 Å². The lowest BCUT2D eigenvalue weighted by atomic mass is 10.1. The van der Waals surface area contributed by atoms with Gasteiger partial charge < -0.3 is 15.0 Å². The van der Waals surface area contributed by atoms with E-state index < -0.39 is 0 Å². The van der Waals surface area contributed by atoms with E-state index in [1.807, 2.05) is 12.1 Å². The number of hydrogen-bond donors (Lipinski definition) is 1. The zero-order valence-corrected chi connectivity index (χ0v) is 13.9. The van der Waals surface area contributed by atoms with Crippen LogP contribution in [0.25, 0.3) is 0 Å². The third kappa shape index (κ3) is 3.36. The Hall–Kier alpha value is -2.53. The van der Waals surface area contributed by atoms with Crippen molar-refractivity contribution in [3.63, 3.8) is 0 Å². The fourth-order valence-electron chi connectivity index (χ4n) is 2.54. The SMILES string of the molecule is C[C@@H]1CN(C(=O)COc2ccccc2Cl)c2ccccc2NC1=O. The molecule has 1 N–H and O–H groups in total. The number of carbonyl (C=O) groups is 2. The topological polar surface area (TPSA) is 58.6 Å². The van der Waals surface area contributed by atoms with Gasteiger partial charge in [-0.2, -0.15) is 0 Å². The van der Waals surface area contributed by atoms with Gasteiger partial charge in [-0.15, -0.1) is 0 Å². The van der Waals surface area contributed by atoms with Crippen LogP contribution in [-0.2, 0) is 9.59 Å². The van der Waals surface area contributed by atoms with Gasteiger partial charge in [-0.25, -0.2) is 0 Å². The largest absolute Gasteiger partial charge is 0.482 e. The standard InChI is InChI=1S/C18H17ClN2O3/c1-12-10-21(15-8-4-3-7-14(15)20-18(12)23)17(22)11-24-16-9-5-2-6-13(16)19/h2-9,12H,10-11H2,1H3,(H,20,23)/t12-/m1/s1. The third-order valence-corrected chi connectivity index (χ3v) is 4.16. The number of ether oxygens (including phenoxy) is 1. The Morgan fingerprint density at radius 2 is 1.96 bits per heavy atom. The molecule has 5 nitrogen and oxygen atoms in total. The molecule has 6 heteroatoms. The van der Waals surface area contributed by atoms with Crippen molar-refractivity contribution in [2.24, 2.45) is 5.92 Å². The summed E-state index contributed by atoms with van der Waals surface area (Å²) in [6, 6.07) is 14.2. The van der Waals surface area contributed by atoms with Crippen molar-refractivity contribution in [1.29, 1.82) is 0 Å². The van der Waals surface area contributed by atoms with E-state index in [1.54, 1.807) is 48.2 Å². The van der Waals surface area contributed by atoms with Crippen molar-refractivity contribution in [3.05, 3.63) is 53.6 Å². The predicted molar refractivity (Wildman–Crippen MR) is 93.5 cm³/mol. The minimum Gasteiger partial charge on any atom is -0.482 e. The van der Waals surface area contributed by atoms with Crippen molar-refractivity contribution >= 4 is 34.8 Å². The first kappa shape index (κ1) is 16.3. The lowest BCUT2D eigenvalue weighted by molar-refractivity contribution is -0.121. The number of carbonyl (C=O) groups excluding carboxylic acids is 2. The summed E-state index contributed by atoms with van der Waals surface area (Å²) in [5.41, 5.74) is 1.29. The fraction of sp³-hybridized carbons (Fsp3) is 0.222. The summed E-state index contributed by atoms with van der Waals surface area (Å²) in [6.07, 6.45) is 0. The molecule has 0 bridgehead atoms. The molecule has 0 aromatic heterocycles. The summed E-state index contributed by atoms with van der Waals surface area (Å²) in [5, 5.41) is 3.30. The highest BCUT2D eigenvalue weighted by Gasteiger charge is 2.28. The van der Waals surface area contributed by atoms with Crippen LogP contribution in [-0.4, -0.2) is 25.0 Å². The first-order valence-electron chi connectivity index (χ1n) is 7.64. The highest BCUT2D eigenvalue weighted by Crippen LogP contribution is 2.30. The molecule has 1 heterocycles. The van der Waals surface area contributed by atoms with Gasteiger partial charge in [0, 0.05) is 6.54 Å². The van der Waals surface area contributed by atoms with E-state index in [2.05, 4.69) is 5.32 Å². The smallest absolute Gasteiger partial charge is 0.264 e. The predicted octanol–water partition coefficient (Wildman–Crippen LogP) is 3.34. The minimum atomic E-state index is -0.318. The van der Waals surface area contributed by atoms with E-state index in [1.165, 1.54) is 0 Å². The van der Waals surface area contributed by atoms with Crippen LogP contribution in [0, 0.1) is 5.92 Å². The van der Waals surface area contributed by atoms with Gasteiger partial charge in [-0.3, -0.25) is 9.59 Å². The Balaban J connectivity index is 1.80. The van der Waals surface area contributed by atoms with Crippen LogP contribution in [0.1, 0.15) is 6.92 Å². The lowest BCUT2D eigenvalue weighted by Gasteiger charge is -2.23. The Bertz CT molecular complexity index is 778. The molecule has 0 saturated carbocycles. The van der Waals surface area contributed by atoms with Crippen molar-refractivity contribution in [3.8, 4) is 5.75 Å². The van der Waals surface area contributed by atoms with Gasteiger partial charge in [-0.05, 0) is 24.3 Å². The van der Waals surface area contributed by atoms with Gasteiger partial charge in [0.15, 0.2) is 6.61 Å². The van der Waals surface area contributed by atoms with Crippen LogP contribution in [0.5, 0.6) is 5.75 Å². The van der Waals surface area contributed by atoms with Gasteiger partial charge in [0.2, 0.25) is 5.91 Å². The van der Waals surface area contributed by atoms with Gasteiger partial charge in [0.1, 0.15) is 5.75 Å². The van der Waals surface area contributed by atoms with E-state index in [0.717, 1.165) is 0 Å². The molecule has 24 heavy (non-hydrogen) atoms. The first-order chi connectivity index (χ1) is 11.6. The second-order valence-electron chi connectivity index (χ2n) is 5.63. The molecular weight excluding hydrogens is 328 g/mol. The fourth-order valence-corrected chi connectivity index (χ4v) is 2.73. The molecule has 0 fully saturated rings. The normalized spacial score (nSPS) is 16.8. The molecule has 0 saturated heterocycles. The number of halogens is 1. The molecule has 0 spiro atoms. The van der Waals surface area contributed by atoms with Crippen LogP contribution in [0.4, 0.5) is 11.4 Å². The highest BCUT2D eigenvalue weighted by molar-refractivity contribution is 6.32. The summed E-state index contributed by atoms with van der Waals surface area (Å²) in [6.45, 7) is 1.93. The molecule has 2 aromatic carbocycles. The number of para-hydroxylation sites is 3. The maximum Gasteiger partial charge on any atom is 0.264 e. The molecular formula is C18H17ClN2O3. The molecule has 0 radical (unpaired) electrons. The number of nitrogens with one attached hydrogen (secondary N) is 1. The Kier molecular flexibility index (Phi) is 4.71. The van der Waals surface area contributed by atoms with E-state index >= 15 is 0 Å². The summed E-state index contributed by atoms with van der Waals surface area (Å²) in [4.78, 5) is 26.3. The number of hydrogen-bond acceptors (Lipinski definition) is 3. The number of benzene rings is 2. The van der Waals surface area contributed by atoms with Crippen molar-refractivity contribution in [1.82, 2.24) is 0 Å². The number of anilines is 2. The van der Waals surface area contributed by atoms with Gasteiger partial charge in [-0.1, -0.05) is 42.8 Å². The molecule has 2 amide bonds. The number of rotatable bonds is 3. The van der Waals surface area contributed by atoms with Gasteiger partial charge >= 0.3 is 0 Å². The zero-order chi connectivity index (χ0) is 17.1. The maximum absolute atomic E-state index is 12.7. The second-order valence-corrected chi connectivity index (χ2v) is 6.04. The van der Waals surface area contributed by atoms with Crippen LogP contribution >= 0.6 is 11.6 Å².